The normalized spacial score (nSPS) is 11.5. The van der Waals surface area contributed by atoms with Gasteiger partial charge in [0.25, 0.3) is 15.9 Å². The van der Waals surface area contributed by atoms with Crippen LogP contribution in [0.25, 0.3) is 0 Å². The monoisotopic (exact) mass is 476 g/mol. The molecule has 0 unspecified atom stereocenters. The highest BCUT2D eigenvalue weighted by molar-refractivity contribution is 7.92. The van der Waals surface area contributed by atoms with Gasteiger partial charge in [-0.05, 0) is 66.7 Å². The van der Waals surface area contributed by atoms with Crippen LogP contribution in [0.5, 0.6) is 5.75 Å². The maximum absolute atomic E-state index is 12.8. The van der Waals surface area contributed by atoms with E-state index in [1.54, 1.807) is 30.3 Å². The number of carbonyl (C=O) groups is 1. The van der Waals surface area contributed by atoms with Gasteiger partial charge in [-0.1, -0.05) is 18.7 Å². The van der Waals surface area contributed by atoms with E-state index in [2.05, 4.69) is 16.6 Å². The first kappa shape index (κ1) is 23.9. The SMILES string of the molecule is C=CCOc1ccc(C(=O)Nc2ccc(S(=O)(=O)Nc3cccc(C(F)(F)F)c3)cc2)cc1. The molecule has 0 radical (unpaired) electrons. The summed E-state index contributed by atoms with van der Waals surface area (Å²) in [5.41, 5.74) is -0.488. The van der Waals surface area contributed by atoms with Crippen LogP contribution in [0.2, 0.25) is 0 Å². The van der Waals surface area contributed by atoms with Crippen LogP contribution in [0.15, 0.2) is 90.3 Å². The fourth-order valence-corrected chi connectivity index (χ4v) is 3.80. The van der Waals surface area contributed by atoms with Crippen LogP contribution in [-0.4, -0.2) is 20.9 Å². The van der Waals surface area contributed by atoms with Crippen LogP contribution < -0.4 is 14.8 Å². The van der Waals surface area contributed by atoms with Gasteiger partial charge < -0.3 is 10.1 Å². The Labute approximate surface area is 188 Å². The van der Waals surface area contributed by atoms with Crippen LogP contribution in [-0.2, 0) is 16.2 Å². The molecular formula is C23H19F3N2O4S. The summed E-state index contributed by atoms with van der Waals surface area (Å²) in [6, 6.07) is 15.5. The quantitative estimate of drug-likeness (QED) is 0.431. The van der Waals surface area contributed by atoms with Gasteiger partial charge in [0.2, 0.25) is 0 Å². The number of alkyl halides is 3. The number of hydrogen-bond acceptors (Lipinski definition) is 4. The number of hydrogen-bond donors (Lipinski definition) is 2. The maximum Gasteiger partial charge on any atom is 0.416 e. The lowest BCUT2D eigenvalue weighted by Gasteiger charge is -2.12. The van der Waals surface area contributed by atoms with E-state index in [1.165, 1.54) is 30.3 Å². The summed E-state index contributed by atoms with van der Waals surface area (Å²) in [5, 5.41) is 2.64. The van der Waals surface area contributed by atoms with Crippen molar-refractivity contribution in [3.63, 3.8) is 0 Å². The molecular weight excluding hydrogens is 457 g/mol. The Bertz CT molecular complexity index is 1240. The molecule has 0 fully saturated rings. The van der Waals surface area contributed by atoms with Gasteiger partial charge in [-0.2, -0.15) is 13.2 Å². The standard InChI is InChI=1S/C23H19F3N2O4S/c1-2-14-32-20-10-6-16(7-11-20)22(29)27-18-8-12-21(13-9-18)33(30,31)28-19-5-3-4-17(15-19)23(24,25)26/h2-13,15,28H,1,14H2,(H,27,29). The van der Waals surface area contributed by atoms with Crippen molar-refractivity contribution in [1.29, 1.82) is 0 Å². The Hall–Kier alpha value is -3.79. The van der Waals surface area contributed by atoms with Gasteiger partial charge in [-0.15, -0.1) is 0 Å². The molecule has 0 saturated heterocycles. The van der Waals surface area contributed by atoms with Crippen molar-refractivity contribution < 1.29 is 31.1 Å². The van der Waals surface area contributed by atoms with Gasteiger partial charge >= 0.3 is 6.18 Å². The van der Waals surface area contributed by atoms with Gasteiger partial charge in [-0.25, -0.2) is 8.42 Å². The molecule has 0 aliphatic heterocycles. The smallest absolute Gasteiger partial charge is 0.416 e. The fraction of sp³-hybridized carbons (Fsp3) is 0.0870. The van der Waals surface area contributed by atoms with Crippen molar-refractivity contribution in [3.8, 4) is 5.75 Å². The van der Waals surface area contributed by atoms with Crippen molar-refractivity contribution in [2.45, 2.75) is 11.1 Å². The van der Waals surface area contributed by atoms with E-state index in [0.717, 1.165) is 12.1 Å². The van der Waals surface area contributed by atoms with E-state index in [1.807, 2.05) is 0 Å². The van der Waals surface area contributed by atoms with Gasteiger partial charge in [0.05, 0.1) is 10.5 Å². The van der Waals surface area contributed by atoms with Crippen LogP contribution in [0.1, 0.15) is 15.9 Å². The van der Waals surface area contributed by atoms with Crippen LogP contribution in [0, 0.1) is 0 Å². The van der Waals surface area contributed by atoms with E-state index in [9.17, 15) is 26.4 Å². The molecule has 172 valence electrons. The summed E-state index contributed by atoms with van der Waals surface area (Å²) in [6.45, 7) is 3.89. The van der Waals surface area contributed by atoms with Crippen molar-refractivity contribution in [2.75, 3.05) is 16.6 Å². The maximum atomic E-state index is 12.8. The lowest BCUT2D eigenvalue weighted by Crippen LogP contribution is -2.15. The largest absolute Gasteiger partial charge is 0.490 e. The highest BCUT2D eigenvalue weighted by Gasteiger charge is 2.30. The van der Waals surface area contributed by atoms with Gasteiger partial charge in [0.1, 0.15) is 12.4 Å². The summed E-state index contributed by atoms with van der Waals surface area (Å²) >= 11 is 0. The number of nitrogens with one attached hydrogen (secondary N) is 2. The van der Waals surface area contributed by atoms with E-state index >= 15 is 0 Å². The third-order valence-electron chi connectivity index (χ3n) is 4.35. The van der Waals surface area contributed by atoms with Crippen molar-refractivity contribution in [1.82, 2.24) is 0 Å². The summed E-state index contributed by atoms with van der Waals surface area (Å²) < 4.78 is 71.1. The number of sulfonamides is 1. The minimum atomic E-state index is -4.60. The van der Waals surface area contributed by atoms with Crippen molar-refractivity contribution in [2.24, 2.45) is 0 Å². The second kappa shape index (κ2) is 9.78. The first-order valence-electron chi connectivity index (χ1n) is 9.54. The zero-order chi connectivity index (χ0) is 24.1. The second-order valence-electron chi connectivity index (χ2n) is 6.79. The van der Waals surface area contributed by atoms with E-state index in [0.29, 0.717) is 29.7 Å². The highest BCUT2D eigenvalue weighted by Crippen LogP contribution is 2.31. The molecule has 0 aliphatic carbocycles. The topological polar surface area (TPSA) is 84.5 Å². The molecule has 6 nitrogen and oxygen atoms in total. The fourth-order valence-electron chi connectivity index (χ4n) is 2.75. The zero-order valence-corrected chi connectivity index (χ0v) is 17.9. The number of benzene rings is 3. The minimum absolute atomic E-state index is 0.179. The number of carbonyl (C=O) groups excluding carboxylic acids is 1. The molecule has 0 aromatic heterocycles. The Morgan fingerprint density at radius 3 is 2.24 bits per heavy atom. The van der Waals surface area contributed by atoms with Crippen LogP contribution in [0.3, 0.4) is 0 Å². The third-order valence-corrected chi connectivity index (χ3v) is 5.75. The first-order valence-corrected chi connectivity index (χ1v) is 11.0. The van der Waals surface area contributed by atoms with Crippen molar-refractivity contribution >= 4 is 27.3 Å². The summed E-state index contributed by atoms with van der Waals surface area (Å²) in [4.78, 5) is 12.2. The average molecular weight is 476 g/mol. The Morgan fingerprint density at radius 1 is 0.970 bits per heavy atom. The van der Waals surface area contributed by atoms with E-state index in [-0.39, 0.29) is 10.6 Å². The molecule has 0 saturated carbocycles. The second-order valence-corrected chi connectivity index (χ2v) is 8.47. The highest BCUT2D eigenvalue weighted by atomic mass is 32.2. The predicted octanol–water partition coefficient (Wildman–Crippen LogP) is 5.32. The minimum Gasteiger partial charge on any atom is -0.490 e. The molecule has 33 heavy (non-hydrogen) atoms. The molecule has 3 rings (SSSR count). The lowest BCUT2D eigenvalue weighted by atomic mass is 10.2. The number of halogens is 3. The molecule has 0 aliphatic rings. The van der Waals surface area contributed by atoms with Gasteiger partial charge in [0.15, 0.2) is 0 Å². The molecule has 1 amide bonds. The zero-order valence-electron chi connectivity index (χ0n) is 17.1. The van der Waals surface area contributed by atoms with Crippen LogP contribution in [0.4, 0.5) is 24.5 Å². The molecule has 3 aromatic carbocycles. The summed E-state index contributed by atoms with van der Waals surface area (Å²) in [5.74, 6) is 0.164. The number of anilines is 2. The van der Waals surface area contributed by atoms with Gasteiger partial charge in [0, 0.05) is 16.9 Å². The van der Waals surface area contributed by atoms with Gasteiger partial charge in [-0.3, -0.25) is 9.52 Å². The van der Waals surface area contributed by atoms with E-state index < -0.39 is 27.7 Å². The van der Waals surface area contributed by atoms with E-state index in [4.69, 9.17) is 4.74 Å². The Balaban J connectivity index is 1.68. The van der Waals surface area contributed by atoms with Crippen LogP contribution >= 0.6 is 0 Å². The molecule has 0 atom stereocenters. The molecule has 0 bridgehead atoms. The molecule has 0 spiro atoms. The summed E-state index contributed by atoms with van der Waals surface area (Å²) in [6.07, 6.45) is -3.00. The average Bonchev–Trinajstić information content (AvgIpc) is 2.77. The summed E-state index contributed by atoms with van der Waals surface area (Å²) in [7, 11) is -4.14. The number of ether oxygens (including phenoxy) is 1. The Morgan fingerprint density at radius 2 is 1.64 bits per heavy atom. The third kappa shape index (κ3) is 6.36. The first-order chi connectivity index (χ1) is 15.6. The lowest BCUT2D eigenvalue weighted by molar-refractivity contribution is -0.137. The number of amides is 1. The van der Waals surface area contributed by atoms with Crippen molar-refractivity contribution in [3.05, 3.63) is 96.6 Å². The molecule has 10 heteroatoms. The molecule has 0 heterocycles. The predicted molar refractivity (Wildman–Crippen MR) is 119 cm³/mol. The molecule has 2 N–H and O–H groups in total. The molecule has 3 aromatic rings. The Kier molecular flexibility index (Phi) is 7.07. The number of rotatable bonds is 8.